The Hall–Kier alpha value is -1.44. The predicted octanol–water partition coefficient (Wildman–Crippen LogP) is 4.49. The zero-order chi connectivity index (χ0) is 14.9. The highest BCUT2D eigenvalue weighted by atomic mass is 15.1. The standard InChI is InChI=1S/C18H26N2/c1-11-8-13(3)19-15(11)18(7)10-17(5,6)16-12(2)9-14(4)20(16)18/h8-9,19H,10H2,1-7H3. The summed E-state index contributed by atoms with van der Waals surface area (Å²) in [6, 6.07) is 4.59. The average molecular weight is 270 g/mol. The van der Waals surface area contributed by atoms with E-state index < -0.39 is 0 Å². The first kappa shape index (κ1) is 13.5. The normalized spacial score (nSPS) is 24.1. The maximum atomic E-state index is 3.62. The lowest BCUT2D eigenvalue weighted by Gasteiger charge is -2.30. The van der Waals surface area contributed by atoms with Gasteiger partial charge in [-0.25, -0.2) is 0 Å². The summed E-state index contributed by atoms with van der Waals surface area (Å²) >= 11 is 0. The number of nitrogens with zero attached hydrogens (tertiary/aromatic N) is 1. The van der Waals surface area contributed by atoms with Gasteiger partial charge in [-0.15, -0.1) is 0 Å². The number of aromatic amines is 1. The van der Waals surface area contributed by atoms with Gasteiger partial charge in [0.15, 0.2) is 0 Å². The Balaban J connectivity index is 2.30. The van der Waals surface area contributed by atoms with E-state index in [2.05, 4.69) is 70.1 Å². The summed E-state index contributed by atoms with van der Waals surface area (Å²) in [5.41, 5.74) is 8.57. The fourth-order valence-corrected chi connectivity index (χ4v) is 4.78. The second kappa shape index (κ2) is 3.81. The van der Waals surface area contributed by atoms with Gasteiger partial charge in [0.05, 0.1) is 5.54 Å². The van der Waals surface area contributed by atoms with Crippen molar-refractivity contribution in [3.63, 3.8) is 0 Å². The smallest absolute Gasteiger partial charge is 0.0827 e. The lowest BCUT2D eigenvalue weighted by Crippen LogP contribution is -2.30. The molecule has 0 amide bonds. The van der Waals surface area contributed by atoms with E-state index in [0.29, 0.717) is 0 Å². The molecule has 3 rings (SSSR count). The van der Waals surface area contributed by atoms with Crippen LogP contribution in [-0.2, 0) is 11.0 Å². The minimum Gasteiger partial charge on any atom is -0.360 e. The molecule has 0 bridgehead atoms. The molecule has 1 aliphatic rings. The molecule has 108 valence electrons. The van der Waals surface area contributed by atoms with Gasteiger partial charge >= 0.3 is 0 Å². The third-order valence-electron chi connectivity index (χ3n) is 4.98. The van der Waals surface area contributed by atoms with E-state index in [-0.39, 0.29) is 11.0 Å². The first-order valence-corrected chi connectivity index (χ1v) is 7.53. The fraction of sp³-hybridized carbons (Fsp3) is 0.556. The Labute approximate surface area is 122 Å². The van der Waals surface area contributed by atoms with E-state index in [0.717, 1.165) is 6.42 Å². The highest BCUT2D eigenvalue weighted by Gasteiger charge is 2.48. The summed E-state index contributed by atoms with van der Waals surface area (Å²) in [5, 5.41) is 0. The summed E-state index contributed by atoms with van der Waals surface area (Å²) in [6.45, 7) is 16.0. The van der Waals surface area contributed by atoms with Crippen molar-refractivity contribution in [2.24, 2.45) is 0 Å². The quantitative estimate of drug-likeness (QED) is 0.788. The molecule has 1 N–H and O–H groups in total. The van der Waals surface area contributed by atoms with Gasteiger partial charge in [0, 0.05) is 28.2 Å². The second-order valence-corrected chi connectivity index (χ2v) is 7.50. The third-order valence-corrected chi connectivity index (χ3v) is 4.98. The van der Waals surface area contributed by atoms with E-state index in [4.69, 9.17) is 0 Å². The number of hydrogen-bond donors (Lipinski definition) is 1. The summed E-state index contributed by atoms with van der Waals surface area (Å²) in [6.07, 6.45) is 1.15. The molecule has 0 saturated carbocycles. The number of hydrogen-bond acceptors (Lipinski definition) is 0. The fourth-order valence-electron chi connectivity index (χ4n) is 4.78. The predicted molar refractivity (Wildman–Crippen MR) is 84.6 cm³/mol. The SMILES string of the molecule is Cc1cc(C)c(C2(C)CC(C)(C)c3c(C)cc(C)n32)[nH]1. The van der Waals surface area contributed by atoms with E-state index in [1.807, 2.05) is 0 Å². The number of H-pyrrole nitrogens is 1. The van der Waals surface area contributed by atoms with E-state index >= 15 is 0 Å². The van der Waals surface area contributed by atoms with Crippen molar-refractivity contribution < 1.29 is 0 Å². The highest BCUT2D eigenvalue weighted by Crippen LogP contribution is 2.50. The van der Waals surface area contributed by atoms with Gasteiger partial charge in [0.2, 0.25) is 0 Å². The number of aryl methyl sites for hydroxylation is 4. The number of nitrogens with one attached hydrogen (secondary N) is 1. The molecule has 2 heteroatoms. The van der Waals surface area contributed by atoms with Gasteiger partial charge < -0.3 is 9.55 Å². The maximum absolute atomic E-state index is 3.62. The second-order valence-electron chi connectivity index (χ2n) is 7.50. The van der Waals surface area contributed by atoms with Crippen LogP contribution in [0.5, 0.6) is 0 Å². The molecule has 2 aromatic rings. The molecule has 0 aromatic carbocycles. The van der Waals surface area contributed by atoms with Crippen molar-refractivity contribution in [3.05, 3.63) is 46.0 Å². The maximum Gasteiger partial charge on any atom is 0.0827 e. The highest BCUT2D eigenvalue weighted by molar-refractivity contribution is 5.43. The lowest BCUT2D eigenvalue weighted by atomic mass is 9.79. The van der Waals surface area contributed by atoms with Crippen molar-refractivity contribution in [2.45, 2.75) is 65.8 Å². The summed E-state index contributed by atoms with van der Waals surface area (Å²) in [5.74, 6) is 0. The molecule has 0 fully saturated rings. The Morgan fingerprint density at radius 3 is 2.20 bits per heavy atom. The number of fused-ring (bicyclic) bond motifs is 1. The van der Waals surface area contributed by atoms with Crippen LogP contribution in [0.4, 0.5) is 0 Å². The van der Waals surface area contributed by atoms with Crippen LogP contribution in [0, 0.1) is 27.7 Å². The molecule has 2 nitrogen and oxygen atoms in total. The van der Waals surface area contributed by atoms with Gasteiger partial charge in [-0.05, 0) is 64.3 Å². The zero-order valence-corrected chi connectivity index (χ0v) is 13.8. The van der Waals surface area contributed by atoms with Crippen LogP contribution in [0.3, 0.4) is 0 Å². The van der Waals surface area contributed by atoms with E-state index in [1.54, 1.807) is 0 Å². The summed E-state index contributed by atoms with van der Waals surface area (Å²) < 4.78 is 2.57. The largest absolute Gasteiger partial charge is 0.360 e. The Morgan fingerprint density at radius 2 is 1.65 bits per heavy atom. The summed E-state index contributed by atoms with van der Waals surface area (Å²) in [7, 11) is 0. The van der Waals surface area contributed by atoms with Crippen LogP contribution >= 0.6 is 0 Å². The molecule has 3 heterocycles. The molecule has 0 saturated heterocycles. The molecule has 2 aromatic heterocycles. The third kappa shape index (κ3) is 1.57. The van der Waals surface area contributed by atoms with Crippen LogP contribution in [-0.4, -0.2) is 9.55 Å². The Bertz CT molecular complexity index is 685. The van der Waals surface area contributed by atoms with Gasteiger partial charge in [-0.2, -0.15) is 0 Å². The van der Waals surface area contributed by atoms with Crippen molar-refractivity contribution in [1.82, 2.24) is 9.55 Å². The van der Waals surface area contributed by atoms with Gasteiger partial charge in [-0.3, -0.25) is 0 Å². The van der Waals surface area contributed by atoms with E-state index in [1.165, 1.54) is 33.9 Å². The van der Waals surface area contributed by atoms with Gasteiger partial charge in [0.25, 0.3) is 0 Å². The average Bonchev–Trinajstić information content (AvgIpc) is 2.84. The van der Waals surface area contributed by atoms with Crippen molar-refractivity contribution in [3.8, 4) is 0 Å². The summed E-state index contributed by atoms with van der Waals surface area (Å²) in [4.78, 5) is 3.62. The molecular formula is C18H26N2. The molecule has 0 aliphatic carbocycles. The zero-order valence-electron chi connectivity index (χ0n) is 13.8. The minimum atomic E-state index is 0.0372. The Morgan fingerprint density at radius 1 is 1.00 bits per heavy atom. The number of aromatic nitrogens is 2. The molecule has 1 aliphatic heterocycles. The molecule has 1 unspecified atom stereocenters. The number of rotatable bonds is 1. The van der Waals surface area contributed by atoms with E-state index in [9.17, 15) is 0 Å². The molecule has 1 atom stereocenters. The van der Waals surface area contributed by atoms with Crippen molar-refractivity contribution in [1.29, 1.82) is 0 Å². The van der Waals surface area contributed by atoms with Crippen LogP contribution in [0.15, 0.2) is 12.1 Å². The van der Waals surface area contributed by atoms with Crippen molar-refractivity contribution in [2.75, 3.05) is 0 Å². The monoisotopic (exact) mass is 270 g/mol. The minimum absolute atomic E-state index is 0.0372. The van der Waals surface area contributed by atoms with Crippen LogP contribution in [0.1, 0.15) is 61.1 Å². The van der Waals surface area contributed by atoms with Crippen molar-refractivity contribution >= 4 is 0 Å². The topological polar surface area (TPSA) is 20.7 Å². The Kier molecular flexibility index (Phi) is 2.58. The van der Waals surface area contributed by atoms with Crippen LogP contribution in [0.25, 0.3) is 0 Å². The molecule has 0 spiro atoms. The van der Waals surface area contributed by atoms with Gasteiger partial charge in [-0.1, -0.05) is 13.8 Å². The lowest BCUT2D eigenvalue weighted by molar-refractivity contribution is 0.352. The molecular weight excluding hydrogens is 244 g/mol. The molecule has 20 heavy (non-hydrogen) atoms. The van der Waals surface area contributed by atoms with Crippen LogP contribution < -0.4 is 0 Å². The first-order chi connectivity index (χ1) is 9.17. The van der Waals surface area contributed by atoms with Gasteiger partial charge in [0.1, 0.15) is 0 Å². The first-order valence-electron chi connectivity index (χ1n) is 7.53. The van der Waals surface area contributed by atoms with Crippen LogP contribution in [0.2, 0.25) is 0 Å². The molecule has 0 radical (unpaired) electrons.